The number of aryl methyl sites for hydroxylation is 11. The Labute approximate surface area is 754 Å². The molecule has 4 aliphatic rings. The van der Waals surface area contributed by atoms with Crippen LogP contribution < -0.4 is 0 Å². The van der Waals surface area contributed by atoms with E-state index in [9.17, 15) is 0 Å². The second-order valence-electron chi connectivity index (χ2n) is 37.4. The molecular weight excluding hydrogens is 1530 g/mol. The molecule has 0 unspecified atom stereocenters. The Bertz CT molecular complexity index is 7340. The Morgan fingerprint density at radius 3 is 1.09 bits per heavy atom. The number of rotatable bonds is 0. The molecule has 0 N–H and O–H groups in total. The van der Waals surface area contributed by atoms with Crippen LogP contribution in [-0.2, 0) is 35.8 Å². The van der Waals surface area contributed by atoms with Gasteiger partial charge in [-0.05, 0) is 224 Å². The van der Waals surface area contributed by atoms with Crippen molar-refractivity contribution in [3.8, 4) is 44.5 Å². The Morgan fingerprint density at radius 1 is 0.181 bits per heavy atom. The van der Waals surface area contributed by atoms with Crippen LogP contribution in [0.2, 0.25) is 0 Å². The van der Waals surface area contributed by atoms with E-state index >= 15 is 0 Å². The van der Waals surface area contributed by atoms with E-state index in [1.807, 2.05) is 0 Å². The Hall–Kier alpha value is -13.7. The van der Waals surface area contributed by atoms with Crippen LogP contribution in [0.4, 0.5) is 0 Å². The molecule has 0 radical (unpaired) electrons. The van der Waals surface area contributed by atoms with Crippen LogP contribution in [0.15, 0.2) is 382 Å². The summed E-state index contributed by atoms with van der Waals surface area (Å²) in [5.41, 5.74) is 41.0. The van der Waals surface area contributed by atoms with Gasteiger partial charge in [0.05, 0.1) is 5.52 Å². The summed E-state index contributed by atoms with van der Waals surface area (Å²) in [4.78, 5) is 0. The van der Waals surface area contributed by atoms with Crippen molar-refractivity contribution >= 4 is 75.9 Å². The molecule has 2 aromatic heterocycles. The predicted octanol–water partition coefficient (Wildman–Crippen LogP) is 33.9. The van der Waals surface area contributed by atoms with Crippen LogP contribution in [-0.4, -0.2) is 9.13 Å². The van der Waals surface area contributed by atoms with E-state index in [1.165, 1.54) is 215 Å². The van der Waals surface area contributed by atoms with Gasteiger partial charge in [-0.15, -0.1) is 0 Å². The maximum Gasteiger partial charge on any atom is 0.0518 e. The first-order chi connectivity index (χ1) is 61.1. The third-order valence-electron chi connectivity index (χ3n) is 27.1. The Balaban J connectivity index is 0.000000105. The van der Waals surface area contributed by atoms with Gasteiger partial charge in [-0.25, -0.2) is 0 Å². The van der Waals surface area contributed by atoms with Gasteiger partial charge in [-0.1, -0.05) is 447 Å². The van der Waals surface area contributed by atoms with Gasteiger partial charge >= 0.3 is 0 Å². The largest absolute Gasteiger partial charge is 0.344 e. The number of fused-ring (bicyclic) bond motifs is 21. The van der Waals surface area contributed by atoms with E-state index in [1.54, 1.807) is 0 Å². The van der Waals surface area contributed by atoms with Crippen LogP contribution in [0.1, 0.15) is 150 Å². The summed E-state index contributed by atoms with van der Waals surface area (Å²) in [6, 6.07) is 137. The van der Waals surface area contributed by atoms with Crippen molar-refractivity contribution in [2.45, 2.75) is 139 Å². The molecular formula is C125H120N2. The lowest BCUT2D eigenvalue weighted by Crippen LogP contribution is -2.16. The molecule has 18 aromatic carbocycles. The Morgan fingerprint density at radius 2 is 0.504 bits per heavy atom. The molecule has 630 valence electrons. The highest BCUT2D eigenvalue weighted by atomic mass is 14.9. The van der Waals surface area contributed by atoms with Gasteiger partial charge in [0.25, 0.3) is 0 Å². The third-order valence-corrected chi connectivity index (χ3v) is 27.1. The van der Waals surface area contributed by atoms with Gasteiger partial charge in [0.15, 0.2) is 0 Å². The van der Waals surface area contributed by atoms with Crippen LogP contribution in [0.5, 0.6) is 0 Å². The first-order valence-corrected chi connectivity index (χ1v) is 45.2. The van der Waals surface area contributed by atoms with Crippen molar-refractivity contribution in [1.82, 2.24) is 9.13 Å². The SMILES string of the molecule is Cc1ccc2c(c1)-c1ccccc1C2(C)C.Cc1ccc2c(c1)C(C)(C)c1ccccc1-2.Cc1ccc2cc(C)ccc2c1.Cc1ccc2ccccc2c1.Cc1cccc2c1-c1ccccc1C2(C)C.Cc1cccc2c1C(C)(C)c1ccccc1-2.Cc1cccc2c3ccccc3n(C)c12.Cc1cccc2ccccc12.Cn1c2ccccc2c2ccccc21. The van der Waals surface area contributed by atoms with Crippen LogP contribution in [0, 0.1) is 62.3 Å². The summed E-state index contributed by atoms with van der Waals surface area (Å²) in [6.07, 6.45) is 0. The topological polar surface area (TPSA) is 9.86 Å². The van der Waals surface area contributed by atoms with Crippen LogP contribution in [0.3, 0.4) is 0 Å². The van der Waals surface area contributed by atoms with Crippen molar-refractivity contribution in [3.05, 3.63) is 477 Å². The van der Waals surface area contributed by atoms with Crippen LogP contribution in [0.25, 0.3) is 120 Å². The van der Waals surface area contributed by atoms with Crippen molar-refractivity contribution in [3.63, 3.8) is 0 Å². The molecule has 2 heterocycles. The lowest BCUT2D eigenvalue weighted by atomic mass is 9.80. The van der Waals surface area contributed by atoms with E-state index in [4.69, 9.17) is 0 Å². The fourth-order valence-electron chi connectivity index (χ4n) is 20.4. The van der Waals surface area contributed by atoms with Gasteiger partial charge in [0.2, 0.25) is 0 Å². The maximum absolute atomic E-state index is 2.33. The highest BCUT2D eigenvalue weighted by molar-refractivity contribution is 6.09. The molecule has 2 nitrogen and oxygen atoms in total. The fourth-order valence-corrected chi connectivity index (χ4v) is 20.4. The summed E-state index contributed by atoms with van der Waals surface area (Å²) in [5.74, 6) is 0. The number of nitrogens with zero attached hydrogens (tertiary/aromatic N) is 2. The third kappa shape index (κ3) is 17.2. The molecule has 0 fully saturated rings. The summed E-state index contributed by atoms with van der Waals surface area (Å²) in [5, 5.41) is 13.4. The average Bonchev–Trinajstić information content (AvgIpc) is 1.58. The zero-order valence-electron chi connectivity index (χ0n) is 77.8. The summed E-state index contributed by atoms with van der Waals surface area (Å²) >= 11 is 0. The molecule has 0 spiro atoms. The minimum atomic E-state index is 0.150. The first kappa shape index (κ1) is 86.8. The predicted molar refractivity (Wildman–Crippen MR) is 551 cm³/mol. The number of hydrogen-bond acceptors (Lipinski definition) is 0. The van der Waals surface area contributed by atoms with Crippen molar-refractivity contribution < 1.29 is 0 Å². The van der Waals surface area contributed by atoms with Crippen molar-refractivity contribution in [1.29, 1.82) is 0 Å². The number of hydrogen-bond donors (Lipinski definition) is 0. The summed E-state index contributed by atoms with van der Waals surface area (Å²) in [7, 11) is 4.25. The molecule has 0 atom stereocenters. The average molecular weight is 1650 g/mol. The minimum Gasteiger partial charge on any atom is -0.344 e. The molecule has 2 heteroatoms. The van der Waals surface area contributed by atoms with Gasteiger partial charge in [0, 0.05) is 73.9 Å². The molecule has 20 aromatic rings. The summed E-state index contributed by atoms with van der Waals surface area (Å²) < 4.78 is 4.52. The second-order valence-corrected chi connectivity index (χ2v) is 37.4. The normalized spacial score (nSPS) is 13.3. The van der Waals surface area contributed by atoms with E-state index in [0.29, 0.717) is 0 Å². The lowest BCUT2D eigenvalue weighted by Gasteiger charge is -2.23. The molecule has 0 bridgehead atoms. The van der Waals surface area contributed by atoms with Gasteiger partial charge < -0.3 is 9.13 Å². The zero-order valence-corrected chi connectivity index (χ0v) is 77.8. The zero-order chi connectivity index (χ0) is 89.2. The molecule has 24 rings (SSSR count). The van der Waals surface area contributed by atoms with Gasteiger partial charge in [-0.3, -0.25) is 0 Å². The van der Waals surface area contributed by atoms with Crippen molar-refractivity contribution in [2.24, 2.45) is 14.1 Å². The quantitative estimate of drug-likeness (QED) is 0.143. The molecule has 4 aliphatic carbocycles. The van der Waals surface area contributed by atoms with E-state index in [-0.39, 0.29) is 21.7 Å². The first-order valence-electron chi connectivity index (χ1n) is 45.2. The van der Waals surface area contributed by atoms with Gasteiger partial charge in [-0.2, -0.15) is 0 Å². The monoisotopic (exact) mass is 1650 g/mol. The Kier molecular flexibility index (Phi) is 24.7. The highest BCUT2D eigenvalue weighted by Crippen LogP contribution is 2.53. The van der Waals surface area contributed by atoms with E-state index in [0.717, 1.165) is 0 Å². The fraction of sp³-hybridized carbons (Fsp3) is 0.184. The highest BCUT2D eigenvalue weighted by Gasteiger charge is 2.39. The standard InChI is InChI=1S/4C16H16.C14H13N.C13H11N.C12H12.2C11H10/c1-11-7-6-9-13-12-8-4-5-10-14(12)16(2,3)15(11)13;1-11-7-6-10-14-15(11)12-8-4-5-9-13(12)16(14,2)3;1-11-8-9-15-13(10-11)12-6-4-5-7-14(12)16(15,2)3;1-11-8-9-13-12-6-4-5-7-14(12)16(2,3)15(13)10-11;1-10-6-5-8-12-11-7-3-4-9-13(11)15(2)14(10)12;1-14-12-8-4-2-6-10(12)11-7-3-5-9-13(11)14;1-9-3-5-12-8-10(2)4-6-11(12)7-9;1-9-5-4-7-10-6-2-3-8-11(9)10;1-9-6-7-10-4-2-3-5-11(10)8-9/h4*4-10H,1-3H3;3-9H,1-2H3;2-9H,1H3;3-8H,1-2H3;2*2-8H,1H3. The second kappa shape index (κ2) is 36.1. The maximum atomic E-state index is 2.33. The molecule has 0 aliphatic heterocycles. The molecule has 0 amide bonds. The van der Waals surface area contributed by atoms with Gasteiger partial charge in [0.1, 0.15) is 0 Å². The number of aromatic nitrogens is 2. The van der Waals surface area contributed by atoms with E-state index < -0.39 is 0 Å². The van der Waals surface area contributed by atoms with Crippen molar-refractivity contribution in [2.75, 3.05) is 0 Å². The number of para-hydroxylation sites is 4. The summed E-state index contributed by atoms with van der Waals surface area (Å²) in [6.45, 7) is 38.0. The number of benzene rings is 18. The smallest absolute Gasteiger partial charge is 0.0518 e. The molecule has 0 saturated heterocycles. The minimum absolute atomic E-state index is 0.150. The lowest BCUT2D eigenvalue weighted by molar-refractivity contribution is 0.655. The van der Waals surface area contributed by atoms with E-state index in [2.05, 4.69) is 523 Å². The molecule has 0 saturated carbocycles. The molecule has 127 heavy (non-hydrogen) atoms. The van der Waals surface area contributed by atoms with Crippen LogP contribution >= 0.6 is 0 Å².